The van der Waals surface area contributed by atoms with Gasteiger partial charge in [-0.1, -0.05) is 30.5 Å². The number of hydrogen-bond acceptors (Lipinski definition) is 4. The van der Waals surface area contributed by atoms with Crippen molar-refractivity contribution in [2.24, 2.45) is 5.73 Å². The molecule has 5 nitrogen and oxygen atoms in total. The van der Waals surface area contributed by atoms with Crippen LogP contribution in [-0.4, -0.2) is 24.0 Å². The van der Waals surface area contributed by atoms with Crippen molar-refractivity contribution in [3.8, 4) is 0 Å². The van der Waals surface area contributed by atoms with Gasteiger partial charge in [0.1, 0.15) is 5.82 Å². The third-order valence-electron chi connectivity index (χ3n) is 4.21. The highest BCUT2D eigenvalue weighted by atomic mass is 35.5. The smallest absolute Gasteiger partial charge is 0.250 e. The Morgan fingerprint density at radius 2 is 1.92 bits per heavy atom. The highest BCUT2D eigenvalue weighted by Crippen LogP contribution is 2.27. The summed E-state index contributed by atoms with van der Waals surface area (Å²) in [5, 5.41) is 3.58. The van der Waals surface area contributed by atoms with E-state index in [9.17, 15) is 4.79 Å². The molecule has 1 aromatic carbocycles. The highest BCUT2D eigenvalue weighted by molar-refractivity contribution is 6.33. The number of halogens is 1. The van der Waals surface area contributed by atoms with Crippen molar-refractivity contribution in [1.82, 2.24) is 4.98 Å². The van der Waals surface area contributed by atoms with Gasteiger partial charge < -0.3 is 16.0 Å². The Morgan fingerprint density at radius 1 is 1.17 bits per heavy atom. The Hall–Kier alpha value is -2.27. The van der Waals surface area contributed by atoms with Crippen molar-refractivity contribution in [1.29, 1.82) is 0 Å². The van der Waals surface area contributed by atoms with E-state index in [1.807, 2.05) is 12.1 Å². The molecule has 0 aliphatic carbocycles. The van der Waals surface area contributed by atoms with Crippen LogP contribution in [0.25, 0.3) is 0 Å². The summed E-state index contributed by atoms with van der Waals surface area (Å²) < 4.78 is 0. The van der Waals surface area contributed by atoms with E-state index in [1.165, 1.54) is 43.6 Å². The summed E-state index contributed by atoms with van der Waals surface area (Å²) in [5.74, 6) is -0.0335. The number of pyridine rings is 1. The van der Waals surface area contributed by atoms with Crippen LogP contribution in [0.5, 0.6) is 0 Å². The fourth-order valence-corrected chi connectivity index (χ4v) is 3.12. The van der Waals surface area contributed by atoms with Gasteiger partial charge in [0, 0.05) is 30.7 Å². The third-order valence-corrected chi connectivity index (χ3v) is 4.49. The van der Waals surface area contributed by atoms with Gasteiger partial charge in [0.25, 0.3) is 0 Å². The molecule has 1 aromatic heterocycles. The zero-order valence-electron chi connectivity index (χ0n) is 13.5. The van der Waals surface area contributed by atoms with Crippen LogP contribution in [-0.2, 0) is 0 Å². The first-order chi connectivity index (χ1) is 11.6. The summed E-state index contributed by atoms with van der Waals surface area (Å²) in [6.07, 6.45) is 6.51. The predicted molar refractivity (Wildman–Crippen MR) is 98.2 cm³/mol. The molecule has 24 heavy (non-hydrogen) atoms. The molecule has 3 N–H and O–H groups in total. The summed E-state index contributed by atoms with van der Waals surface area (Å²) in [6, 6.07) is 9.75. The van der Waals surface area contributed by atoms with Crippen LogP contribution < -0.4 is 16.0 Å². The Kier molecular flexibility index (Phi) is 5.20. The largest absolute Gasteiger partial charge is 0.371 e. The standard InChI is InChI=1S/C18H21ClN4O/c19-16-10-13(17(20)24)12-21-18(16)22-14-6-5-7-15(11-14)23-8-3-1-2-4-9-23/h5-7,10-12H,1-4,8-9H2,(H2,20,24)(H,21,22). The lowest BCUT2D eigenvalue weighted by atomic mass is 10.2. The fraction of sp³-hybridized carbons (Fsp3) is 0.333. The van der Waals surface area contributed by atoms with Crippen molar-refractivity contribution in [2.45, 2.75) is 25.7 Å². The molecular formula is C18H21ClN4O. The van der Waals surface area contributed by atoms with Gasteiger partial charge in [-0.15, -0.1) is 0 Å². The van der Waals surface area contributed by atoms with Gasteiger partial charge in [-0.05, 0) is 37.1 Å². The summed E-state index contributed by atoms with van der Waals surface area (Å²) in [7, 11) is 0. The number of nitrogens with zero attached hydrogens (tertiary/aromatic N) is 2. The minimum atomic E-state index is -0.542. The van der Waals surface area contributed by atoms with Crippen molar-refractivity contribution in [2.75, 3.05) is 23.3 Å². The fourth-order valence-electron chi connectivity index (χ4n) is 2.91. The van der Waals surface area contributed by atoms with Gasteiger partial charge in [-0.2, -0.15) is 0 Å². The highest BCUT2D eigenvalue weighted by Gasteiger charge is 2.11. The topological polar surface area (TPSA) is 71.2 Å². The summed E-state index contributed by atoms with van der Waals surface area (Å²) in [6.45, 7) is 2.19. The molecule has 0 radical (unpaired) electrons. The Balaban J connectivity index is 1.78. The Labute approximate surface area is 146 Å². The van der Waals surface area contributed by atoms with Gasteiger partial charge in [0.05, 0.1) is 10.6 Å². The Bertz CT molecular complexity index is 727. The maximum Gasteiger partial charge on any atom is 0.250 e. The van der Waals surface area contributed by atoms with Crippen LogP contribution in [0.2, 0.25) is 5.02 Å². The molecule has 1 aliphatic rings. The van der Waals surface area contributed by atoms with E-state index in [0.717, 1.165) is 18.8 Å². The molecule has 1 fully saturated rings. The van der Waals surface area contributed by atoms with Gasteiger partial charge in [-0.3, -0.25) is 4.79 Å². The van der Waals surface area contributed by atoms with Gasteiger partial charge in [-0.25, -0.2) is 4.98 Å². The minimum absolute atomic E-state index is 0.295. The number of anilines is 3. The predicted octanol–water partition coefficient (Wildman–Crippen LogP) is 3.96. The lowest BCUT2D eigenvalue weighted by Gasteiger charge is -2.23. The van der Waals surface area contributed by atoms with E-state index in [-0.39, 0.29) is 0 Å². The normalized spacial score (nSPS) is 15.0. The molecule has 3 rings (SSSR count). The maximum atomic E-state index is 11.2. The molecule has 2 aromatic rings. The number of nitrogens with two attached hydrogens (primary N) is 1. The molecule has 0 bridgehead atoms. The number of carbonyl (C=O) groups excluding carboxylic acids is 1. The van der Waals surface area contributed by atoms with Crippen LogP contribution in [0.1, 0.15) is 36.0 Å². The molecular weight excluding hydrogens is 324 g/mol. The molecule has 1 amide bonds. The number of benzene rings is 1. The van der Waals surface area contributed by atoms with Gasteiger partial charge in [0.15, 0.2) is 0 Å². The summed E-state index contributed by atoms with van der Waals surface area (Å²) >= 11 is 6.19. The molecule has 0 spiro atoms. The number of hydrogen-bond donors (Lipinski definition) is 2. The molecule has 1 aliphatic heterocycles. The first-order valence-electron chi connectivity index (χ1n) is 8.21. The third kappa shape index (κ3) is 3.97. The van der Waals surface area contributed by atoms with Crippen LogP contribution in [0, 0.1) is 0 Å². The quantitative estimate of drug-likeness (QED) is 0.880. The first kappa shape index (κ1) is 16.6. The van der Waals surface area contributed by atoms with E-state index in [0.29, 0.717) is 16.4 Å². The van der Waals surface area contributed by atoms with Gasteiger partial charge >= 0.3 is 0 Å². The number of rotatable bonds is 4. The summed E-state index contributed by atoms with van der Waals surface area (Å²) in [5.41, 5.74) is 7.65. The average Bonchev–Trinajstić information content (AvgIpc) is 2.86. The minimum Gasteiger partial charge on any atom is -0.371 e. The number of carbonyl (C=O) groups is 1. The van der Waals surface area contributed by atoms with E-state index >= 15 is 0 Å². The second kappa shape index (κ2) is 7.53. The van der Waals surface area contributed by atoms with Crippen molar-refractivity contribution in [3.05, 3.63) is 47.1 Å². The lowest BCUT2D eigenvalue weighted by molar-refractivity contribution is 0.1000. The van der Waals surface area contributed by atoms with E-state index in [4.69, 9.17) is 17.3 Å². The van der Waals surface area contributed by atoms with Crippen molar-refractivity contribution >= 4 is 34.7 Å². The van der Waals surface area contributed by atoms with E-state index in [2.05, 4.69) is 27.3 Å². The van der Waals surface area contributed by atoms with Crippen molar-refractivity contribution < 1.29 is 4.79 Å². The average molecular weight is 345 g/mol. The number of aromatic nitrogens is 1. The molecule has 0 saturated carbocycles. The molecule has 0 atom stereocenters. The lowest BCUT2D eigenvalue weighted by Crippen LogP contribution is -2.23. The second-order valence-electron chi connectivity index (χ2n) is 6.00. The van der Waals surface area contributed by atoms with Crippen molar-refractivity contribution in [3.63, 3.8) is 0 Å². The number of nitrogens with one attached hydrogen (secondary N) is 1. The maximum absolute atomic E-state index is 11.2. The number of primary amides is 1. The van der Waals surface area contributed by atoms with Crippen LogP contribution in [0.4, 0.5) is 17.2 Å². The Morgan fingerprint density at radius 3 is 2.58 bits per heavy atom. The monoisotopic (exact) mass is 344 g/mol. The molecule has 1 saturated heterocycles. The zero-order chi connectivity index (χ0) is 16.9. The first-order valence-corrected chi connectivity index (χ1v) is 8.59. The van der Waals surface area contributed by atoms with Crippen LogP contribution in [0.3, 0.4) is 0 Å². The molecule has 6 heteroatoms. The van der Waals surface area contributed by atoms with Gasteiger partial charge in [0.2, 0.25) is 5.91 Å². The summed E-state index contributed by atoms with van der Waals surface area (Å²) in [4.78, 5) is 17.8. The van der Waals surface area contributed by atoms with E-state index in [1.54, 1.807) is 0 Å². The van der Waals surface area contributed by atoms with Crippen LogP contribution in [0.15, 0.2) is 36.5 Å². The van der Waals surface area contributed by atoms with Crippen LogP contribution >= 0.6 is 11.6 Å². The second-order valence-corrected chi connectivity index (χ2v) is 6.40. The SMILES string of the molecule is NC(=O)c1cnc(Nc2cccc(N3CCCCCC3)c2)c(Cl)c1. The number of amides is 1. The molecule has 126 valence electrons. The molecule has 0 unspecified atom stereocenters. The van der Waals surface area contributed by atoms with E-state index < -0.39 is 5.91 Å². The molecule has 2 heterocycles. The zero-order valence-corrected chi connectivity index (χ0v) is 14.2.